The quantitative estimate of drug-likeness (QED) is 0.870. The zero-order valence-electron chi connectivity index (χ0n) is 12.3. The zero-order valence-corrected chi connectivity index (χ0v) is 12.3. The van der Waals surface area contributed by atoms with Crippen molar-refractivity contribution in [1.29, 1.82) is 0 Å². The van der Waals surface area contributed by atoms with Crippen molar-refractivity contribution in [3.05, 3.63) is 29.3 Å². The summed E-state index contributed by atoms with van der Waals surface area (Å²) in [5.74, 6) is -0.00240. The summed E-state index contributed by atoms with van der Waals surface area (Å²) in [5, 5.41) is 9.25. The molecule has 1 heterocycles. The van der Waals surface area contributed by atoms with E-state index in [0.29, 0.717) is 19.0 Å². The van der Waals surface area contributed by atoms with E-state index >= 15 is 0 Å². The first kappa shape index (κ1) is 14.4. The van der Waals surface area contributed by atoms with Gasteiger partial charge in [0.15, 0.2) is 0 Å². The van der Waals surface area contributed by atoms with Crippen LogP contribution in [0.25, 0.3) is 0 Å². The number of likely N-dealkylation sites (tertiary alicyclic amines) is 1. The molecule has 1 saturated heterocycles. The number of fused-ring (bicyclic) bond motifs is 1. The third-order valence-corrected chi connectivity index (χ3v) is 4.89. The first-order chi connectivity index (χ1) is 10.0. The van der Waals surface area contributed by atoms with Gasteiger partial charge >= 0.3 is 5.97 Å². The number of carboxylic acids is 1. The standard InChI is InChI=1S/C16H22N2O3/c1-21-14-5-3-11-2-4-13(8-12(11)9-14)18-7-6-16(17,10-18)15(19)20/h3,5,9,13H,2,4,6-8,10,17H2,1H3,(H,19,20). The molecule has 0 radical (unpaired) electrons. The summed E-state index contributed by atoms with van der Waals surface area (Å²) in [5.41, 5.74) is 7.60. The van der Waals surface area contributed by atoms with E-state index in [0.717, 1.165) is 31.6 Å². The van der Waals surface area contributed by atoms with Gasteiger partial charge in [0, 0.05) is 19.1 Å². The van der Waals surface area contributed by atoms with Crippen LogP contribution in [0.2, 0.25) is 0 Å². The van der Waals surface area contributed by atoms with Crippen LogP contribution in [0.15, 0.2) is 18.2 Å². The molecule has 0 spiro atoms. The monoisotopic (exact) mass is 290 g/mol. The summed E-state index contributed by atoms with van der Waals surface area (Å²) < 4.78 is 5.29. The number of aryl methyl sites for hydroxylation is 1. The zero-order chi connectivity index (χ0) is 15.0. The normalized spacial score (nSPS) is 29.1. The minimum Gasteiger partial charge on any atom is -0.497 e. The largest absolute Gasteiger partial charge is 0.497 e. The highest BCUT2D eigenvalue weighted by Gasteiger charge is 2.43. The first-order valence-electron chi connectivity index (χ1n) is 7.44. The molecule has 2 aliphatic rings. The Hall–Kier alpha value is -1.59. The molecular formula is C16H22N2O3. The van der Waals surface area contributed by atoms with E-state index < -0.39 is 11.5 Å². The number of carboxylic acid groups (broad SMARTS) is 1. The van der Waals surface area contributed by atoms with Gasteiger partial charge in [0.25, 0.3) is 0 Å². The Kier molecular flexibility index (Phi) is 3.63. The lowest BCUT2D eigenvalue weighted by Crippen LogP contribution is -2.51. The van der Waals surface area contributed by atoms with Gasteiger partial charge in [0.2, 0.25) is 0 Å². The second-order valence-electron chi connectivity index (χ2n) is 6.21. The van der Waals surface area contributed by atoms with E-state index in [-0.39, 0.29) is 0 Å². The topological polar surface area (TPSA) is 75.8 Å². The molecule has 3 N–H and O–H groups in total. The summed E-state index contributed by atoms with van der Waals surface area (Å²) in [4.78, 5) is 13.5. The lowest BCUT2D eigenvalue weighted by molar-refractivity contribution is -0.142. The predicted octanol–water partition coefficient (Wildman–Crippen LogP) is 1.04. The molecule has 2 unspecified atom stereocenters. The molecule has 21 heavy (non-hydrogen) atoms. The molecule has 1 aliphatic carbocycles. The number of ether oxygens (including phenoxy) is 1. The van der Waals surface area contributed by atoms with Crippen molar-refractivity contribution >= 4 is 5.97 Å². The van der Waals surface area contributed by atoms with Gasteiger partial charge < -0.3 is 15.6 Å². The number of hydrogen-bond donors (Lipinski definition) is 2. The van der Waals surface area contributed by atoms with Gasteiger partial charge in [0.1, 0.15) is 11.3 Å². The van der Waals surface area contributed by atoms with Crippen molar-refractivity contribution in [2.45, 2.75) is 37.3 Å². The molecule has 0 bridgehead atoms. The lowest BCUT2D eigenvalue weighted by atomic mass is 9.87. The van der Waals surface area contributed by atoms with Crippen molar-refractivity contribution in [2.75, 3.05) is 20.2 Å². The van der Waals surface area contributed by atoms with Crippen LogP contribution in [-0.2, 0) is 17.6 Å². The summed E-state index contributed by atoms with van der Waals surface area (Å²) in [7, 11) is 1.68. The van der Waals surface area contributed by atoms with Crippen molar-refractivity contribution in [3.63, 3.8) is 0 Å². The summed E-state index contributed by atoms with van der Waals surface area (Å²) >= 11 is 0. The maximum atomic E-state index is 11.3. The van der Waals surface area contributed by atoms with Crippen LogP contribution >= 0.6 is 0 Å². The van der Waals surface area contributed by atoms with Gasteiger partial charge in [0.05, 0.1) is 7.11 Å². The Morgan fingerprint density at radius 2 is 2.29 bits per heavy atom. The van der Waals surface area contributed by atoms with Gasteiger partial charge in [-0.05, 0) is 48.9 Å². The fraction of sp³-hybridized carbons (Fsp3) is 0.562. The molecule has 3 rings (SSSR count). The number of carbonyl (C=O) groups is 1. The molecule has 2 atom stereocenters. The first-order valence-corrected chi connectivity index (χ1v) is 7.44. The van der Waals surface area contributed by atoms with Crippen molar-refractivity contribution in [1.82, 2.24) is 4.90 Å². The van der Waals surface area contributed by atoms with E-state index in [1.807, 2.05) is 6.07 Å². The molecule has 0 aromatic heterocycles. The molecule has 5 heteroatoms. The Balaban J connectivity index is 1.73. The van der Waals surface area contributed by atoms with E-state index in [2.05, 4.69) is 17.0 Å². The number of hydrogen-bond acceptors (Lipinski definition) is 4. The number of benzene rings is 1. The second-order valence-corrected chi connectivity index (χ2v) is 6.21. The highest BCUT2D eigenvalue weighted by Crippen LogP contribution is 2.31. The van der Waals surface area contributed by atoms with E-state index in [9.17, 15) is 9.90 Å². The van der Waals surface area contributed by atoms with Gasteiger partial charge in [-0.1, -0.05) is 6.07 Å². The molecule has 114 valence electrons. The SMILES string of the molecule is COc1ccc2c(c1)CC(N1CCC(N)(C(=O)O)C1)CC2. The number of aliphatic carboxylic acids is 1. The summed E-state index contributed by atoms with van der Waals surface area (Å²) in [6, 6.07) is 6.63. The molecule has 1 aromatic carbocycles. The number of nitrogens with zero attached hydrogens (tertiary/aromatic N) is 1. The third-order valence-electron chi connectivity index (χ3n) is 4.89. The minimum absolute atomic E-state index is 0.384. The average Bonchev–Trinajstić information content (AvgIpc) is 2.90. The van der Waals surface area contributed by atoms with Crippen LogP contribution < -0.4 is 10.5 Å². The molecular weight excluding hydrogens is 268 g/mol. The summed E-state index contributed by atoms with van der Waals surface area (Å²) in [6.07, 6.45) is 3.58. The number of rotatable bonds is 3. The van der Waals surface area contributed by atoms with E-state index in [1.165, 1.54) is 11.1 Å². The van der Waals surface area contributed by atoms with Crippen molar-refractivity contribution < 1.29 is 14.6 Å². The van der Waals surface area contributed by atoms with Crippen LogP contribution in [0.5, 0.6) is 5.75 Å². The Bertz CT molecular complexity index is 560. The van der Waals surface area contributed by atoms with Crippen LogP contribution in [0, 0.1) is 0 Å². The van der Waals surface area contributed by atoms with E-state index in [4.69, 9.17) is 10.5 Å². The second kappa shape index (κ2) is 5.31. The van der Waals surface area contributed by atoms with Crippen LogP contribution in [0.4, 0.5) is 0 Å². The summed E-state index contributed by atoms with van der Waals surface area (Å²) in [6.45, 7) is 1.22. The van der Waals surface area contributed by atoms with Crippen molar-refractivity contribution in [2.24, 2.45) is 5.73 Å². The number of nitrogens with two attached hydrogens (primary N) is 1. The van der Waals surface area contributed by atoms with E-state index in [1.54, 1.807) is 7.11 Å². The Morgan fingerprint density at radius 1 is 1.48 bits per heavy atom. The highest BCUT2D eigenvalue weighted by molar-refractivity contribution is 5.79. The van der Waals surface area contributed by atoms with Gasteiger partial charge in [-0.3, -0.25) is 9.69 Å². The van der Waals surface area contributed by atoms with Crippen molar-refractivity contribution in [3.8, 4) is 5.75 Å². The molecule has 1 fully saturated rings. The van der Waals surface area contributed by atoms with Gasteiger partial charge in [-0.15, -0.1) is 0 Å². The van der Waals surface area contributed by atoms with Crippen LogP contribution in [0.3, 0.4) is 0 Å². The Labute approximate surface area is 124 Å². The lowest BCUT2D eigenvalue weighted by Gasteiger charge is -2.33. The molecule has 1 aromatic rings. The molecule has 0 saturated carbocycles. The smallest absolute Gasteiger partial charge is 0.325 e. The predicted molar refractivity (Wildman–Crippen MR) is 79.6 cm³/mol. The molecule has 0 amide bonds. The molecule has 5 nitrogen and oxygen atoms in total. The molecule has 1 aliphatic heterocycles. The fourth-order valence-corrected chi connectivity index (χ4v) is 3.50. The minimum atomic E-state index is -1.07. The van der Waals surface area contributed by atoms with Gasteiger partial charge in [-0.2, -0.15) is 0 Å². The Morgan fingerprint density at radius 3 is 2.95 bits per heavy atom. The maximum Gasteiger partial charge on any atom is 0.325 e. The number of methoxy groups -OCH3 is 1. The highest BCUT2D eigenvalue weighted by atomic mass is 16.5. The van der Waals surface area contributed by atoms with Crippen LogP contribution in [0.1, 0.15) is 24.0 Å². The third kappa shape index (κ3) is 2.63. The average molecular weight is 290 g/mol. The van der Waals surface area contributed by atoms with Crippen LogP contribution in [-0.4, -0.2) is 47.8 Å². The fourth-order valence-electron chi connectivity index (χ4n) is 3.50. The maximum absolute atomic E-state index is 11.3. The van der Waals surface area contributed by atoms with Gasteiger partial charge in [-0.25, -0.2) is 0 Å².